The maximum Gasteiger partial charge on any atom is 0.263 e. The van der Waals surface area contributed by atoms with Crippen LogP contribution in [0.3, 0.4) is 0 Å². The first-order chi connectivity index (χ1) is 8.69. The zero-order valence-corrected chi connectivity index (χ0v) is 11.5. The van der Waals surface area contributed by atoms with Crippen molar-refractivity contribution in [3.63, 3.8) is 0 Å². The van der Waals surface area contributed by atoms with E-state index in [1.807, 2.05) is 0 Å². The number of hydrogen-bond donors (Lipinski definition) is 3. The molecule has 1 aliphatic carbocycles. The van der Waals surface area contributed by atoms with Crippen molar-refractivity contribution in [3.05, 3.63) is 10.4 Å². The number of nitrogens with one attached hydrogen (secondary N) is 2. The summed E-state index contributed by atoms with van der Waals surface area (Å²) in [7, 11) is 3.29. The number of carbonyl (C=O) groups excluding carboxylic acids is 1. The van der Waals surface area contributed by atoms with Gasteiger partial charge in [-0.2, -0.15) is 0 Å². The van der Waals surface area contributed by atoms with Crippen molar-refractivity contribution in [1.29, 1.82) is 0 Å². The summed E-state index contributed by atoms with van der Waals surface area (Å²) >= 11 is 1.43. The number of amides is 1. The molecule has 0 unspecified atom stereocenters. The van der Waals surface area contributed by atoms with Gasteiger partial charge in [-0.25, -0.2) is 0 Å². The van der Waals surface area contributed by atoms with Crippen LogP contribution in [0.4, 0.5) is 10.7 Å². The quantitative estimate of drug-likeness (QED) is 0.686. The van der Waals surface area contributed by atoms with Gasteiger partial charge in [0.05, 0.1) is 17.3 Å². The van der Waals surface area contributed by atoms with Crippen LogP contribution in [0, 0.1) is 0 Å². The minimum absolute atomic E-state index is 0.112. The Hall–Kier alpha value is -1.27. The highest BCUT2D eigenvalue weighted by molar-refractivity contribution is 7.18. The first kappa shape index (κ1) is 13.2. The minimum Gasteiger partial charge on any atom is -0.397 e. The molecule has 4 N–H and O–H groups in total. The second-order valence-corrected chi connectivity index (χ2v) is 5.38. The molecule has 100 valence electrons. The number of thiophene rings is 1. The number of anilines is 2. The number of ether oxygens (including phenoxy) is 1. The standard InChI is InChI=1S/C12H19N3O2S/c1-14-11(16)10-9(13)8(7-3-4-7)12(18-10)15-5-6-17-2/h7,15H,3-6,13H2,1-2H3,(H,14,16). The SMILES string of the molecule is CNC(=O)c1sc(NCCOC)c(C2CC2)c1N. The van der Waals surface area contributed by atoms with Crippen molar-refractivity contribution in [3.8, 4) is 0 Å². The summed E-state index contributed by atoms with van der Waals surface area (Å²) in [4.78, 5) is 12.4. The van der Waals surface area contributed by atoms with Crippen molar-refractivity contribution in [2.24, 2.45) is 0 Å². The molecule has 1 aliphatic rings. The first-order valence-electron chi connectivity index (χ1n) is 6.06. The Labute approximate surface area is 111 Å². The second kappa shape index (κ2) is 5.58. The van der Waals surface area contributed by atoms with Crippen LogP contribution in [-0.4, -0.2) is 33.2 Å². The number of nitrogen functional groups attached to an aromatic ring is 1. The van der Waals surface area contributed by atoms with Gasteiger partial charge in [-0.3, -0.25) is 4.79 Å². The average molecular weight is 269 g/mol. The van der Waals surface area contributed by atoms with E-state index in [9.17, 15) is 4.79 Å². The predicted octanol–water partition coefficient (Wildman–Crippen LogP) is 1.63. The largest absolute Gasteiger partial charge is 0.397 e. The minimum atomic E-state index is -0.112. The lowest BCUT2D eigenvalue weighted by atomic mass is 10.1. The molecule has 1 heterocycles. The molecule has 0 atom stereocenters. The normalized spacial score (nSPS) is 14.6. The van der Waals surface area contributed by atoms with Crippen LogP contribution >= 0.6 is 11.3 Å². The van der Waals surface area contributed by atoms with Gasteiger partial charge in [0.15, 0.2) is 0 Å². The van der Waals surface area contributed by atoms with Gasteiger partial charge in [-0.05, 0) is 18.8 Å². The molecule has 0 bridgehead atoms. The number of nitrogens with two attached hydrogens (primary N) is 1. The molecule has 2 rings (SSSR count). The highest BCUT2D eigenvalue weighted by Crippen LogP contribution is 2.50. The monoisotopic (exact) mass is 269 g/mol. The Morgan fingerprint density at radius 2 is 2.28 bits per heavy atom. The molecule has 0 aliphatic heterocycles. The number of methoxy groups -OCH3 is 1. The average Bonchev–Trinajstić information content (AvgIpc) is 3.14. The van der Waals surface area contributed by atoms with E-state index in [-0.39, 0.29) is 5.91 Å². The third-order valence-electron chi connectivity index (χ3n) is 2.99. The van der Waals surface area contributed by atoms with E-state index in [0.717, 1.165) is 30.0 Å². The van der Waals surface area contributed by atoms with Crippen LogP contribution in [0.5, 0.6) is 0 Å². The van der Waals surface area contributed by atoms with Crippen molar-refractivity contribution in [1.82, 2.24) is 5.32 Å². The smallest absolute Gasteiger partial charge is 0.263 e. The zero-order valence-electron chi connectivity index (χ0n) is 10.7. The van der Waals surface area contributed by atoms with E-state index in [1.54, 1.807) is 14.2 Å². The van der Waals surface area contributed by atoms with Crippen molar-refractivity contribution < 1.29 is 9.53 Å². The lowest BCUT2D eigenvalue weighted by molar-refractivity contribution is 0.0968. The summed E-state index contributed by atoms with van der Waals surface area (Å²) in [6.07, 6.45) is 2.32. The molecule has 0 radical (unpaired) electrons. The molecule has 18 heavy (non-hydrogen) atoms. The molecule has 0 aromatic carbocycles. The van der Waals surface area contributed by atoms with Crippen molar-refractivity contribution >= 4 is 27.9 Å². The maximum absolute atomic E-state index is 11.7. The summed E-state index contributed by atoms with van der Waals surface area (Å²) in [5, 5.41) is 6.96. The molecular weight excluding hydrogens is 250 g/mol. The van der Waals surface area contributed by atoms with E-state index < -0.39 is 0 Å². The summed E-state index contributed by atoms with van der Waals surface area (Å²) in [6.45, 7) is 1.36. The number of hydrogen-bond acceptors (Lipinski definition) is 5. The fourth-order valence-electron chi connectivity index (χ4n) is 1.91. The lowest BCUT2D eigenvalue weighted by Crippen LogP contribution is -2.17. The zero-order chi connectivity index (χ0) is 13.1. The fraction of sp³-hybridized carbons (Fsp3) is 0.583. The summed E-state index contributed by atoms with van der Waals surface area (Å²) in [6, 6.07) is 0. The Morgan fingerprint density at radius 3 is 2.83 bits per heavy atom. The van der Waals surface area contributed by atoms with Crippen LogP contribution in [0.1, 0.15) is 34.0 Å². The second-order valence-electron chi connectivity index (χ2n) is 4.36. The molecule has 1 amide bonds. The van der Waals surface area contributed by atoms with E-state index >= 15 is 0 Å². The molecule has 6 heteroatoms. The van der Waals surface area contributed by atoms with Gasteiger partial charge in [0.1, 0.15) is 4.88 Å². The Morgan fingerprint density at radius 1 is 1.56 bits per heavy atom. The fourth-order valence-corrected chi connectivity index (χ4v) is 3.09. The van der Waals surface area contributed by atoms with E-state index in [4.69, 9.17) is 10.5 Å². The van der Waals surface area contributed by atoms with Crippen molar-refractivity contribution in [2.75, 3.05) is 38.4 Å². The molecule has 0 saturated heterocycles. The van der Waals surface area contributed by atoms with E-state index in [2.05, 4.69) is 10.6 Å². The highest BCUT2D eigenvalue weighted by Gasteiger charge is 2.32. The van der Waals surface area contributed by atoms with Crippen LogP contribution in [0.25, 0.3) is 0 Å². The van der Waals surface area contributed by atoms with Gasteiger partial charge in [0, 0.05) is 26.3 Å². The molecule has 1 aromatic heterocycles. The first-order valence-corrected chi connectivity index (χ1v) is 6.87. The number of rotatable bonds is 6. The van der Waals surface area contributed by atoms with Crippen LogP contribution in [-0.2, 0) is 4.74 Å². The Kier molecular flexibility index (Phi) is 4.08. The van der Waals surface area contributed by atoms with Gasteiger partial charge in [-0.15, -0.1) is 11.3 Å². The van der Waals surface area contributed by atoms with Gasteiger partial charge in [-0.1, -0.05) is 0 Å². The summed E-state index contributed by atoms with van der Waals surface area (Å²) in [5.41, 5.74) is 7.86. The van der Waals surface area contributed by atoms with Gasteiger partial charge in [0.2, 0.25) is 0 Å². The van der Waals surface area contributed by atoms with Crippen LogP contribution in [0.15, 0.2) is 0 Å². The molecular formula is C12H19N3O2S. The molecule has 1 fully saturated rings. The van der Waals surface area contributed by atoms with Crippen molar-refractivity contribution in [2.45, 2.75) is 18.8 Å². The van der Waals surface area contributed by atoms with Crippen LogP contribution in [0.2, 0.25) is 0 Å². The van der Waals surface area contributed by atoms with Gasteiger partial charge >= 0.3 is 0 Å². The third-order valence-corrected chi connectivity index (χ3v) is 4.17. The highest BCUT2D eigenvalue weighted by atomic mass is 32.1. The summed E-state index contributed by atoms with van der Waals surface area (Å²) < 4.78 is 5.02. The Balaban J connectivity index is 2.23. The maximum atomic E-state index is 11.7. The molecule has 1 aromatic rings. The number of carbonyl (C=O) groups is 1. The topological polar surface area (TPSA) is 76.4 Å². The summed E-state index contributed by atoms with van der Waals surface area (Å²) in [5.74, 6) is 0.406. The lowest BCUT2D eigenvalue weighted by Gasteiger charge is -2.06. The van der Waals surface area contributed by atoms with E-state index in [0.29, 0.717) is 23.1 Å². The van der Waals surface area contributed by atoms with Gasteiger partial charge < -0.3 is 21.1 Å². The third kappa shape index (κ3) is 2.59. The molecule has 0 spiro atoms. The molecule has 1 saturated carbocycles. The molecule has 5 nitrogen and oxygen atoms in total. The van der Waals surface area contributed by atoms with Crippen LogP contribution < -0.4 is 16.4 Å². The van der Waals surface area contributed by atoms with E-state index in [1.165, 1.54) is 11.3 Å². The van der Waals surface area contributed by atoms with Gasteiger partial charge in [0.25, 0.3) is 5.91 Å². The predicted molar refractivity (Wildman–Crippen MR) is 74.5 cm³/mol. The Bertz CT molecular complexity index is 441.